The van der Waals surface area contributed by atoms with E-state index in [1.165, 1.54) is 24.1 Å². The summed E-state index contributed by atoms with van der Waals surface area (Å²) in [6.07, 6.45) is 4.97. The van der Waals surface area contributed by atoms with Crippen molar-refractivity contribution >= 4 is 41.3 Å². The van der Waals surface area contributed by atoms with Gasteiger partial charge in [-0.3, -0.25) is 4.99 Å². The normalized spacial score (nSPS) is 21.2. The van der Waals surface area contributed by atoms with Crippen LogP contribution in [0, 0.1) is 5.92 Å². The second-order valence-electron chi connectivity index (χ2n) is 5.13. The van der Waals surface area contributed by atoms with Crippen molar-refractivity contribution < 1.29 is 0 Å². The fourth-order valence-corrected chi connectivity index (χ4v) is 3.04. The third kappa shape index (κ3) is 5.99. The minimum atomic E-state index is 0. The number of thiophene rings is 1. The molecule has 114 valence electrons. The molecule has 2 unspecified atom stereocenters. The predicted octanol–water partition coefficient (Wildman–Crippen LogP) is 3.65. The summed E-state index contributed by atoms with van der Waals surface area (Å²) in [7, 11) is 0. The summed E-state index contributed by atoms with van der Waals surface area (Å²) in [6, 6.07) is 4.94. The SMILES string of the molecule is CCCC1CC1NC(=NCCc1cccs1)NCC.I. The fourth-order valence-electron chi connectivity index (χ4n) is 2.34. The van der Waals surface area contributed by atoms with E-state index < -0.39 is 0 Å². The average molecular weight is 407 g/mol. The van der Waals surface area contributed by atoms with Gasteiger partial charge in [0.1, 0.15) is 0 Å². The van der Waals surface area contributed by atoms with Crippen LogP contribution in [0.25, 0.3) is 0 Å². The van der Waals surface area contributed by atoms with Gasteiger partial charge in [-0.05, 0) is 37.1 Å². The molecule has 0 spiro atoms. The van der Waals surface area contributed by atoms with Crippen molar-refractivity contribution in [2.24, 2.45) is 10.9 Å². The fraction of sp³-hybridized carbons (Fsp3) is 0.667. The van der Waals surface area contributed by atoms with E-state index in [9.17, 15) is 0 Å². The van der Waals surface area contributed by atoms with Gasteiger partial charge in [-0.2, -0.15) is 0 Å². The van der Waals surface area contributed by atoms with Crippen molar-refractivity contribution in [1.29, 1.82) is 0 Å². The average Bonchev–Trinajstić information content (AvgIpc) is 2.91. The Kier molecular flexibility index (Phi) is 8.52. The Balaban J connectivity index is 0.00000200. The zero-order valence-corrected chi connectivity index (χ0v) is 15.5. The Labute approximate surface area is 143 Å². The minimum absolute atomic E-state index is 0. The number of aliphatic imine (C=N–C) groups is 1. The monoisotopic (exact) mass is 407 g/mol. The van der Waals surface area contributed by atoms with Crippen molar-refractivity contribution in [3.8, 4) is 0 Å². The number of hydrogen-bond acceptors (Lipinski definition) is 2. The smallest absolute Gasteiger partial charge is 0.191 e. The Bertz CT molecular complexity index is 392. The van der Waals surface area contributed by atoms with E-state index >= 15 is 0 Å². The highest BCUT2D eigenvalue weighted by Crippen LogP contribution is 2.34. The molecule has 0 aromatic carbocycles. The lowest BCUT2D eigenvalue weighted by Gasteiger charge is -2.10. The molecule has 1 aromatic heterocycles. The minimum Gasteiger partial charge on any atom is -0.357 e. The highest BCUT2D eigenvalue weighted by molar-refractivity contribution is 14.0. The first-order valence-corrected chi connectivity index (χ1v) is 8.28. The van der Waals surface area contributed by atoms with Crippen molar-refractivity contribution in [1.82, 2.24) is 10.6 Å². The summed E-state index contributed by atoms with van der Waals surface area (Å²) in [5.74, 6) is 1.86. The van der Waals surface area contributed by atoms with Gasteiger partial charge in [0.25, 0.3) is 0 Å². The summed E-state index contributed by atoms with van der Waals surface area (Å²) in [6.45, 7) is 6.17. The van der Waals surface area contributed by atoms with Crippen LogP contribution in [0.1, 0.15) is 38.0 Å². The highest BCUT2D eigenvalue weighted by Gasteiger charge is 2.36. The van der Waals surface area contributed by atoms with Crippen molar-refractivity contribution in [3.05, 3.63) is 22.4 Å². The molecule has 1 heterocycles. The number of rotatable bonds is 7. The van der Waals surface area contributed by atoms with Crippen molar-refractivity contribution in [3.63, 3.8) is 0 Å². The molecule has 0 amide bonds. The first-order valence-electron chi connectivity index (χ1n) is 7.40. The molecule has 3 nitrogen and oxygen atoms in total. The Morgan fingerprint density at radius 3 is 2.95 bits per heavy atom. The molecule has 1 aromatic rings. The third-order valence-corrected chi connectivity index (χ3v) is 4.39. The van der Waals surface area contributed by atoms with Gasteiger partial charge in [0, 0.05) is 30.4 Å². The molecule has 0 radical (unpaired) electrons. The van der Waals surface area contributed by atoms with Gasteiger partial charge in [-0.15, -0.1) is 35.3 Å². The predicted molar refractivity (Wildman–Crippen MR) is 99.4 cm³/mol. The molecule has 2 N–H and O–H groups in total. The highest BCUT2D eigenvalue weighted by atomic mass is 127. The van der Waals surface area contributed by atoms with Gasteiger partial charge in [0.05, 0.1) is 0 Å². The molecule has 1 aliphatic carbocycles. The Morgan fingerprint density at radius 2 is 2.30 bits per heavy atom. The summed E-state index contributed by atoms with van der Waals surface area (Å²) in [5, 5.41) is 9.02. The quantitative estimate of drug-likeness (QED) is 0.411. The van der Waals surface area contributed by atoms with E-state index in [0.717, 1.165) is 31.4 Å². The molecule has 1 fully saturated rings. The molecular weight excluding hydrogens is 381 g/mol. The summed E-state index contributed by atoms with van der Waals surface area (Å²) < 4.78 is 0. The van der Waals surface area contributed by atoms with Gasteiger partial charge >= 0.3 is 0 Å². The van der Waals surface area contributed by atoms with E-state index in [1.807, 2.05) is 11.3 Å². The van der Waals surface area contributed by atoms with Crippen LogP contribution in [0.15, 0.2) is 22.5 Å². The van der Waals surface area contributed by atoms with Crippen LogP contribution >= 0.6 is 35.3 Å². The molecule has 1 aliphatic rings. The standard InChI is InChI=1S/C15H25N3S.HI/c1-3-6-12-11-14(12)18-15(16-4-2)17-9-8-13-7-5-10-19-13;/h5,7,10,12,14H,3-4,6,8-9,11H2,1-2H3,(H2,16,17,18);1H. The van der Waals surface area contributed by atoms with Crippen LogP contribution in [0.2, 0.25) is 0 Å². The van der Waals surface area contributed by atoms with Gasteiger partial charge in [-0.25, -0.2) is 0 Å². The maximum Gasteiger partial charge on any atom is 0.191 e. The van der Waals surface area contributed by atoms with Crippen molar-refractivity contribution in [2.75, 3.05) is 13.1 Å². The summed E-state index contributed by atoms with van der Waals surface area (Å²) >= 11 is 1.81. The summed E-state index contributed by atoms with van der Waals surface area (Å²) in [5.41, 5.74) is 0. The zero-order chi connectivity index (χ0) is 13.5. The largest absolute Gasteiger partial charge is 0.357 e. The maximum absolute atomic E-state index is 4.66. The number of halogens is 1. The lowest BCUT2D eigenvalue weighted by molar-refractivity contribution is 0.655. The molecule has 2 atom stereocenters. The first kappa shape index (κ1) is 17.8. The van der Waals surface area contributed by atoms with Crippen LogP contribution in [0.4, 0.5) is 0 Å². The third-order valence-electron chi connectivity index (χ3n) is 3.46. The van der Waals surface area contributed by atoms with E-state index in [-0.39, 0.29) is 24.0 Å². The van der Waals surface area contributed by atoms with Crippen molar-refractivity contribution in [2.45, 2.75) is 45.6 Å². The Morgan fingerprint density at radius 1 is 1.45 bits per heavy atom. The van der Waals surface area contributed by atoms with E-state index in [2.05, 4.69) is 47.0 Å². The lowest BCUT2D eigenvalue weighted by Crippen LogP contribution is -2.39. The zero-order valence-electron chi connectivity index (χ0n) is 12.4. The molecule has 20 heavy (non-hydrogen) atoms. The van der Waals surface area contributed by atoms with Gasteiger partial charge in [-0.1, -0.05) is 19.4 Å². The van der Waals surface area contributed by atoms with Crippen LogP contribution in [0.3, 0.4) is 0 Å². The first-order chi connectivity index (χ1) is 9.33. The van der Waals surface area contributed by atoms with E-state index in [0.29, 0.717) is 6.04 Å². The van der Waals surface area contributed by atoms with Crippen LogP contribution < -0.4 is 10.6 Å². The lowest BCUT2D eigenvalue weighted by atomic mass is 10.2. The molecule has 0 aliphatic heterocycles. The van der Waals surface area contributed by atoms with E-state index in [4.69, 9.17) is 0 Å². The van der Waals surface area contributed by atoms with Gasteiger partial charge in [0.15, 0.2) is 5.96 Å². The second kappa shape index (κ2) is 9.60. The molecule has 0 bridgehead atoms. The number of guanidine groups is 1. The number of nitrogens with one attached hydrogen (secondary N) is 2. The number of hydrogen-bond donors (Lipinski definition) is 2. The second-order valence-corrected chi connectivity index (χ2v) is 6.16. The maximum atomic E-state index is 4.66. The molecule has 1 saturated carbocycles. The molecule has 2 rings (SSSR count). The van der Waals surface area contributed by atoms with Crippen LogP contribution in [-0.2, 0) is 6.42 Å². The molecular formula is C15H26IN3S. The van der Waals surface area contributed by atoms with Crippen LogP contribution in [-0.4, -0.2) is 25.1 Å². The Hall–Kier alpha value is -0.300. The topological polar surface area (TPSA) is 36.4 Å². The molecule has 5 heteroatoms. The van der Waals surface area contributed by atoms with Gasteiger partial charge in [0.2, 0.25) is 0 Å². The number of nitrogens with zero attached hydrogens (tertiary/aromatic N) is 1. The molecule has 0 saturated heterocycles. The van der Waals surface area contributed by atoms with E-state index in [1.54, 1.807) is 0 Å². The van der Waals surface area contributed by atoms with Gasteiger partial charge < -0.3 is 10.6 Å². The van der Waals surface area contributed by atoms with Crippen LogP contribution in [0.5, 0.6) is 0 Å². The summed E-state index contributed by atoms with van der Waals surface area (Å²) in [4.78, 5) is 6.08.